The zero-order chi connectivity index (χ0) is 24.1. The van der Waals surface area contributed by atoms with E-state index in [-0.39, 0.29) is 37.9 Å². The van der Waals surface area contributed by atoms with E-state index in [1.165, 1.54) is 4.90 Å². The van der Waals surface area contributed by atoms with Crippen LogP contribution in [0.4, 0.5) is 4.79 Å². The third kappa shape index (κ3) is 4.92. The summed E-state index contributed by atoms with van der Waals surface area (Å²) in [6, 6.07) is 16.3. The summed E-state index contributed by atoms with van der Waals surface area (Å²) in [5, 5.41) is 11.7. The molecule has 4 rings (SSSR count). The molecule has 2 amide bonds. The standard InChI is InChI=1S/C26H30N2O6/c1-28(13-10-23(29)30)24(31)26(11-14-33-15-12-26)17-27-25(32)34-16-22-20-8-4-2-6-18(20)19-7-3-5-9-21(19)22/h2-9,22H,10-17H2,1H3,(H,27,32)(H,29,30). The Bertz CT molecular complexity index is 1020. The predicted molar refractivity (Wildman–Crippen MR) is 125 cm³/mol. The van der Waals surface area contributed by atoms with Crippen LogP contribution in [0.25, 0.3) is 11.1 Å². The van der Waals surface area contributed by atoms with Gasteiger partial charge in [-0.05, 0) is 35.1 Å². The second-order valence-corrected chi connectivity index (χ2v) is 8.94. The summed E-state index contributed by atoms with van der Waals surface area (Å²) in [4.78, 5) is 38.2. The number of nitrogens with zero attached hydrogens (tertiary/aromatic N) is 1. The fourth-order valence-electron chi connectivity index (χ4n) is 4.89. The highest BCUT2D eigenvalue weighted by Gasteiger charge is 2.42. The van der Waals surface area contributed by atoms with Crippen LogP contribution in [0.1, 0.15) is 36.3 Å². The van der Waals surface area contributed by atoms with Crippen LogP contribution in [0.2, 0.25) is 0 Å². The molecule has 2 aromatic rings. The average Bonchev–Trinajstić information content (AvgIpc) is 3.18. The minimum Gasteiger partial charge on any atom is -0.481 e. The van der Waals surface area contributed by atoms with Crippen molar-refractivity contribution in [3.8, 4) is 11.1 Å². The predicted octanol–water partition coefficient (Wildman–Crippen LogP) is 3.26. The maximum atomic E-state index is 13.2. The smallest absolute Gasteiger partial charge is 0.407 e. The van der Waals surface area contributed by atoms with E-state index in [1.54, 1.807) is 7.05 Å². The van der Waals surface area contributed by atoms with Crippen LogP contribution in [0.15, 0.2) is 48.5 Å². The van der Waals surface area contributed by atoms with Gasteiger partial charge in [-0.1, -0.05) is 48.5 Å². The van der Waals surface area contributed by atoms with Gasteiger partial charge in [0, 0.05) is 39.3 Å². The number of carbonyl (C=O) groups excluding carboxylic acids is 2. The Morgan fingerprint density at radius 1 is 1.06 bits per heavy atom. The van der Waals surface area contributed by atoms with Crippen molar-refractivity contribution in [3.63, 3.8) is 0 Å². The Morgan fingerprint density at radius 3 is 2.24 bits per heavy atom. The Balaban J connectivity index is 1.38. The molecule has 1 heterocycles. The van der Waals surface area contributed by atoms with E-state index < -0.39 is 17.5 Å². The first-order chi connectivity index (χ1) is 16.4. The SMILES string of the molecule is CN(CCC(=O)O)C(=O)C1(CNC(=O)OCC2c3ccccc3-c3ccccc32)CCOCC1. The quantitative estimate of drug-likeness (QED) is 0.619. The van der Waals surface area contributed by atoms with Crippen LogP contribution in [0, 0.1) is 5.41 Å². The molecular weight excluding hydrogens is 436 g/mol. The zero-order valence-electron chi connectivity index (χ0n) is 19.3. The first-order valence-corrected chi connectivity index (χ1v) is 11.6. The lowest BCUT2D eigenvalue weighted by atomic mass is 9.78. The lowest BCUT2D eigenvalue weighted by Gasteiger charge is -2.38. The Morgan fingerprint density at radius 2 is 1.65 bits per heavy atom. The third-order valence-electron chi connectivity index (χ3n) is 6.83. The average molecular weight is 467 g/mol. The molecule has 1 saturated heterocycles. The molecule has 0 saturated carbocycles. The van der Waals surface area contributed by atoms with Crippen molar-refractivity contribution in [2.75, 3.05) is 40.0 Å². The van der Waals surface area contributed by atoms with Crippen LogP contribution >= 0.6 is 0 Å². The van der Waals surface area contributed by atoms with Gasteiger partial charge in [0.2, 0.25) is 5.91 Å². The molecule has 34 heavy (non-hydrogen) atoms. The van der Waals surface area contributed by atoms with E-state index in [9.17, 15) is 14.4 Å². The molecular formula is C26H30N2O6. The number of nitrogens with one attached hydrogen (secondary N) is 1. The molecule has 2 aromatic carbocycles. The minimum atomic E-state index is -0.961. The Labute approximate surface area is 198 Å². The number of benzene rings is 2. The van der Waals surface area contributed by atoms with Gasteiger partial charge in [0.15, 0.2) is 0 Å². The van der Waals surface area contributed by atoms with Crippen molar-refractivity contribution < 1.29 is 29.0 Å². The van der Waals surface area contributed by atoms with E-state index >= 15 is 0 Å². The van der Waals surface area contributed by atoms with Crippen molar-refractivity contribution in [3.05, 3.63) is 59.7 Å². The summed E-state index contributed by atoms with van der Waals surface area (Å²) in [6.45, 7) is 1.24. The lowest BCUT2D eigenvalue weighted by molar-refractivity contribution is -0.147. The molecule has 8 nitrogen and oxygen atoms in total. The van der Waals surface area contributed by atoms with Crippen LogP contribution in [0.3, 0.4) is 0 Å². The number of rotatable bonds is 8. The number of carbonyl (C=O) groups is 3. The Kier molecular flexibility index (Phi) is 7.17. The number of hydrogen-bond acceptors (Lipinski definition) is 5. The number of aliphatic carboxylic acids is 1. The molecule has 1 aliphatic heterocycles. The summed E-state index contributed by atoms with van der Waals surface area (Å²) >= 11 is 0. The van der Waals surface area contributed by atoms with Crippen LogP contribution in [-0.4, -0.2) is 67.9 Å². The van der Waals surface area contributed by atoms with Crippen LogP contribution in [0.5, 0.6) is 0 Å². The topological polar surface area (TPSA) is 105 Å². The normalized spacial score (nSPS) is 16.3. The summed E-state index contributed by atoms with van der Waals surface area (Å²) in [7, 11) is 1.59. The van der Waals surface area contributed by atoms with Gasteiger partial charge in [0.05, 0.1) is 11.8 Å². The molecule has 0 spiro atoms. The van der Waals surface area contributed by atoms with Crippen molar-refractivity contribution in [1.29, 1.82) is 0 Å². The van der Waals surface area contributed by atoms with Gasteiger partial charge in [-0.2, -0.15) is 0 Å². The summed E-state index contributed by atoms with van der Waals surface area (Å²) in [5.74, 6) is -1.19. The van der Waals surface area contributed by atoms with E-state index in [2.05, 4.69) is 29.6 Å². The molecule has 0 unspecified atom stereocenters. The number of carboxylic acids is 1. The van der Waals surface area contributed by atoms with E-state index in [0.29, 0.717) is 26.1 Å². The number of alkyl carbamates (subject to hydrolysis) is 1. The van der Waals surface area contributed by atoms with Crippen molar-refractivity contribution >= 4 is 18.0 Å². The highest BCUT2D eigenvalue weighted by molar-refractivity contribution is 5.84. The fraction of sp³-hybridized carbons (Fsp3) is 0.423. The van der Waals surface area contributed by atoms with Crippen molar-refractivity contribution in [2.24, 2.45) is 5.41 Å². The molecule has 0 radical (unpaired) electrons. The van der Waals surface area contributed by atoms with Crippen LogP contribution < -0.4 is 5.32 Å². The maximum absolute atomic E-state index is 13.2. The number of ether oxygens (including phenoxy) is 2. The van der Waals surface area contributed by atoms with Crippen LogP contribution in [-0.2, 0) is 19.1 Å². The van der Waals surface area contributed by atoms with Crippen molar-refractivity contribution in [1.82, 2.24) is 10.2 Å². The number of amides is 2. The Hall–Kier alpha value is -3.39. The summed E-state index contributed by atoms with van der Waals surface area (Å²) in [6.07, 6.45) is 0.197. The fourth-order valence-corrected chi connectivity index (χ4v) is 4.89. The zero-order valence-corrected chi connectivity index (χ0v) is 19.3. The van der Waals surface area contributed by atoms with Gasteiger partial charge in [-0.15, -0.1) is 0 Å². The molecule has 180 valence electrons. The van der Waals surface area contributed by atoms with Gasteiger partial charge in [-0.25, -0.2) is 4.79 Å². The third-order valence-corrected chi connectivity index (χ3v) is 6.83. The minimum absolute atomic E-state index is 0.0426. The highest BCUT2D eigenvalue weighted by Crippen LogP contribution is 2.44. The molecule has 2 aliphatic rings. The number of fused-ring (bicyclic) bond motifs is 3. The molecule has 1 aliphatic carbocycles. The molecule has 0 aromatic heterocycles. The monoisotopic (exact) mass is 466 g/mol. The van der Waals surface area contributed by atoms with Gasteiger partial charge in [-0.3, -0.25) is 9.59 Å². The number of hydrogen-bond donors (Lipinski definition) is 2. The first kappa shape index (κ1) is 23.8. The molecule has 1 fully saturated rings. The van der Waals surface area contributed by atoms with E-state index in [1.807, 2.05) is 24.3 Å². The van der Waals surface area contributed by atoms with Crippen molar-refractivity contribution in [2.45, 2.75) is 25.2 Å². The molecule has 8 heteroatoms. The number of carboxylic acid groups (broad SMARTS) is 1. The van der Waals surface area contributed by atoms with Gasteiger partial charge < -0.3 is 24.8 Å². The van der Waals surface area contributed by atoms with Gasteiger partial charge in [0.25, 0.3) is 0 Å². The van der Waals surface area contributed by atoms with E-state index in [0.717, 1.165) is 22.3 Å². The van der Waals surface area contributed by atoms with Gasteiger partial charge in [0.1, 0.15) is 6.61 Å². The second kappa shape index (κ2) is 10.3. The first-order valence-electron chi connectivity index (χ1n) is 11.6. The molecule has 2 N–H and O–H groups in total. The molecule has 0 bridgehead atoms. The highest BCUT2D eigenvalue weighted by atomic mass is 16.5. The van der Waals surface area contributed by atoms with Gasteiger partial charge >= 0.3 is 12.1 Å². The van der Waals surface area contributed by atoms with E-state index in [4.69, 9.17) is 14.6 Å². The lowest BCUT2D eigenvalue weighted by Crippen LogP contribution is -2.52. The summed E-state index contributed by atoms with van der Waals surface area (Å²) < 4.78 is 11.0. The molecule has 0 atom stereocenters. The maximum Gasteiger partial charge on any atom is 0.407 e. The second-order valence-electron chi connectivity index (χ2n) is 8.94. The largest absolute Gasteiger partial charge is 0.481 e. The summed E-state index contributed by atoms with van der Waals surface area (Å²) in [5.41, 5.74) is 3.74.